The molecule has 2 aliphatic carbocycles. The summed E-state index contributed by atoms with van der Waals surface area (Å²) in [6.45, 7) is 5.42. The molecule has 1 saturated heterocycles. The van der Waals surface area contributed by atoms with Gasteiger partial charge >= 0.3 is 0 Å². The average Bonchev–Trinajstić information content (AvgIpc) is 3.22. The SMILES string of the molecule is CC(=O)N1CCC(CC2(C)SC(CC34CCC(CC3)C4)=NC2=O)CC1. The monoisotopic (exact) mass is 362 g/mol. The van der Waals surface area contributed by atoms with Crippen molar-refractivity contribution in [2.24, 2.45) is 22.2 Å². The lowest BCUT2D eigenvalue weighted by molar-refractivity contribution is -0.130. The Labute approximate surface area is 155 Å². The number of fused-ring (bicyclic) bond motifs is 2. The zero-order valence-electron chi connectivity index (χ0n) is 15.6. The summed E-state index contributed by atoms with van der Waals surface area (Å²) in [5.41, 5.74) is 0.467. The Morgan fingerprint density at radius 1 is 1.24 bits per heavy atom. The van der Waals surface area contributed by atoms with Gasteiger partial charge in [-0.25, -0.2) is 4.99 Å². The van der Waals surface area contributed by atoms with E-state index in [1.54, 1.807) is 18.7 Å². The van der Waals surface area contributed by atoms with E-state index in [-0.39, 0.29) is 16.6 Å². The Kier molecular flexibility index (Phi) is 4.50. The summed E-state index contributed by atoms with van der Waals surface area (Å²) in [5, 5.41) is 1.11. The van der Waals surface area contributed by atoms with Crippen LogP contribution in [-0.2, 0) is 9.59 Å². The van der Waals surface area contributed by atoms with Crippen molar-refractivity contribution in [3.8, 4) is 0 Å². The lowest BCUT2D eigenvalue weighted by Gasteiger charge is -2.34. The first-order chi connectivity index (χ1) is 11.9. The Morgan fingerprint density at radius 2 is 1.92 bits per heavy atom. The molecule has 25 heavy (non-hydrogen) atoms. The maximum atomic E-state index is 12.7. The summed E-state index contributed by atoms with van der Waals surface area (Å²) in [6.07, 6.45) is 10.8. The topological polar surface area (TPSA) is 49.7 Å². The fourth-order valence-electron chi connectivity index (χ4n) is 5.65. The zero-order chi connectivity index (χ0) is 17.7. The van der Waals surface area contributed by atoms with Crippen molar-refractivity contribution in [2.75, 3.05) is 13.1 Å². The highest BCUT2D eigenvalue weighted by Gasteiger charge is 2.49. The Bertz CT molecular complexity index is 601. The summed E-state index contributed by atoms with van der Waals surface area (Å²) in [6, 6.07) is 0. The van der Waals surface area contributed by atoms with Crippen LogP contribution >= 0.6 is 11.8 Å². The minimum atomic E-state index is -0.369. The number of piperidine rings is 1. The molecule has 0 aromatic heterocycles. The first-order valence-corrected chi connectivity index (χ1v) is 10.8. The molecule has 2 aliphatic heterocycles. The molecule has 3 fully saturated rings. The van der Waals surface area contributed by atoms with Gasteiger partial charge in [-0.1, -0.05) is 11.8 Å². The second-order valence-electron chi connectivity index (χ2n) is 9.12. The maximum Gasteiger partial charge on any atom is 0.262 e. The summed E-state index contributed by atoms with van der Waals surface area (Å²) in [4.78, 5) is 30.6. The Balaban J connectivity index is 1.34. The van der Waals surface area contributed by atoms with E-state index in [9.17, 15) is 9.59 Å². The van der Waals surface area contributed by atoms with Crippen LogP contribution in [0.15, 0.2) is 4.99 Å². The first-order valence-electron chi connectivity index (χ1n) is 9.94. The van der Waals surface area contributed by atoms with Crippen molar-refractivity contribution in [3.05, 3.63) is 0 Å². The number of hydrogen-bond donors (Lipinski definition) is 0. The smallest absolute Gasteiger partial charge is 0.262 e. The fraction of sp³-hybridized carbons (Fsp3) is 0.850. The number of rotatable bonds is 4. The van der Waals surface area contributed by atoms with E-state index in [0.29, 0.717) is 11.3 Å². The number of amides is 2. The van der Waals surface area contributed by atoms with Crippen LogP contribution < -0.4 is 0 Å². The molecule has 4 nitrogen and oxygen atoms in total. The van der Waals surface area contributed by atoms with E-state index in [2.05, 4.69) is 11.9 Å². The van der Waals surface area contributed by atoms with Crippen molar-refractivity contribution in [3.63, 3.8) is 0 Å². The highest BCUT2D eigenvalue weighted by Crippen LogP contribution is 2.57. The zero-order valence-corrected chi connectivity index (χ0v) is 16.4. The fourth-order valence-corrected chi connectivity index (χ4v) is 7.12. The number of carbonyl (C=O) groups is 2. The van der Waals surface area contributed by atoms with Crippen LogP contribution in [0.4, 0.5) is 0 Å². The van der Waals surface area contributed by atoms with Crippen molar-refractivity contribution < 1.29 is 9.59 Å². The third-order valence-corrected chi connectivity index (χ3v) is 8.44. The molecule has 2 saturated carbocycles. The molecule has 1 atom stereocenters. The molecule has 0 radical (unpaired) electrons. The molecule has 0 N–H and O–H groups in total. The third kappa shape index (κ3) is 3.41. The third-order valence-electron chi connectivity index (χ3n) is 7.17. The predicted octanol–water partition coefficient (Wildman–Crippen LogP) is 4.04. The van der Waals surface area contributed by atoms with Gasteiger partial charge in [0, 0.05) is 26.4 Å². The maximum absolute atomic E-state index is 12.7. The van der Waals surface area contributed by atoms with Gasteiger partial charge in [-0.2, -0.15) is 0 Å². The van der Waals surface area contributed by atoms with E-state index in [0.717, 1.165) is 49.7 Å². The summed E-state index contributed by atoms with van der Waals surface area (Å²) >= 11 is 1.76. The van der Waals surface area contributed by atoms with Crippen molar-refractivity contribution in [1.82, 2.24) is 4.90 Å². The second kappa shape index (κ2) is 6.40. The van der Waals surface area contributed by atoms with E-state index in [1.165, 1.54) is 32.1 Å². The molecule has 2 amide bonds. The molecule has 0 aromatic carbocycles. The summed E-state index contributed by atoms with van der Waals surface area (Å²) in [7, 11) is 0. The van der Waals surface area contributed by atoms with E-state index >= 15 is 0 Å². The number of aliphatic imine (C=N–C) groups is 1. The van der Waals surface area contributed by atoms with E-state index in [1.807, 2.05) is 4.90 Å². The highest BCUT2D eigenvalue weighted by atomic mass is 32.2. The van der Waals surface area contributed by atoms with Gasteiger partial charge in [0.2, 0.25) is 5.91 Å². The first kappa shape index (κ1) is 17.6. The van der Waals surface area contributed by atoms with E-state index in [4.69, 9.17) is 0 Å². The molecule has 1 unspecified atom stereocenters. The van der Waals surface area contributed by atoms with Crippen molar-refractivity contribution in [2.45, 2.75) is 76.4 Å². The van der Waals surface area contributed by atoms with Gasteiger partial charge in [-0.15, -0.1) is 0 Å². The minimum absolute atomic E-state index is 0.0884. The minimum Gasteiger partial charge on any atom is -0.343 e. The molecule has 4 aliphatic rings. The van der Waals surface area contributed by atoms with Gasteiger partial charge < -0.3 is 4.90 Å². The normalized spacial score (nSPS) is 38.5. The molecule has 5 heteroatoms. The van der Waals surface area contributed by atoms with Gasteiger partial charge in [0.15, 0.2) is 0 Å². The van der Waals surface area contributed by atoms with Gasteiger partial charge in [0.05, 0.1) is 5.04 Å². The van der Waals surface area contributed by atoms with Crippen LogP contribution in [0.3, 0.4) is 0 Å². The van der Waals surface area contributed by atoms with Crippen molar-refractivity contribution >= 4 is 28.6 Å². The van der Waals surface area contributed by atoms with Crippen LogP contribution in [0.25, 0.3) is 0 Å². The highest BCUT2D eigenvalue weighted by molar-refractivity contribution is 8.16. The van der Waals surface area contributed by atoms with Crippen LogP contribution in [-0.4, -0.2) is 39.6 Å². The van der Waals surface area contributed by atoms with Gasteiger partial charge in [0.1, 0.15) is 4.75 Å². The van der Waals surface area contributed by atoms with E-state index < -0.39 is 0 Å². The van der Waals surface area contributed by atoms with Crippen LogP contribution in [0.1, 0.15) is 71.6 Å². The van der Waals surface area contributed by atoms with Gasteiger partial charge in [0.25, 0.3) is 5.91 Å². The lowest BCUT2D eigenvalue weighted by Crippen LogP contribution is -2.39. The molecule has 0 spiro atoms. The Morgan fingerprint density at radius 3 is 2.48 bits per heavy atom. The summed E-state index contributed by atoms with van der Waals surface area (Å²) in [5.74, 6) is 1.74. The molecule has 138 valence electrons. The van der Waals surface area contributed by atoms with Crippen LogP contribution in [0.5, 0.6) is 0 Å². The number of hydrogen-bond acceptors (Lipinski definition) is 3. The lowest BCUT2D eigenvalue weighted by atomic mass is 9.81. The Hall–Kier alpha value is -0.840. The molecule has 2 bridgehead atoms. The van der Waals surface area contributed by atoms with Crippen molar-refractivity contribution in [1.29, 1.82) is 0 Å². The van der Waals surface area contributed by atoms with Gasteiger partial charge in [-0.3, -0.25) is 9.59 Å². The molecular weight excluding hydrogens is 332 g/mol. The number of thioether (sulfide) groups is 1. The van der Waals surface area contributed by atoms with Gasteiger partial charge in [-0.05, 0) is 75.5 Å². The molecule has 4 rings (SSSR count). The molecule has 2 heterocycles. The quantitative estimate of drug-likeness (QED) is 0.758. The number of likely N-dealkylation sites (tertiary alicyclic amines) is 1. The van der Waals surface area contributed by atoms with Crippen LogP contribution in [0, 0.1) is 17.3 Å². The molecular formula is C20H30N2O2S. The second-order valence-corrected chi connectivity index (χ2v) is 10.7. The average molecular weight is 363 g/mol. The van der Waals surface area contributed by atoms with Crippen LogP contribution in [0.2, 0.25) is 0 Å². The molecule has 0 aromatic rings. The largest absolute Gasteiger partial charge is 0.343 e. The number of carbonyl (C=O) groups excluding carboxylic acids is 2. The summed E-state index contributed by atoms with van der Waals surface area (Å²) < 4.78 is -0.369. The number of nitrogens with zero attached hydrogens (tertiary/aromatic N) is 2. The standard InChI is InChI=1S/C20H30N2O2S/c1-14(23)22-9-5-16(6-10-22)11-19(2)18(24)21-17(25-19)13-20-7-3-15(12-20)4-8-20/h15-16H,3-13H2,1-2H3. The predicted molar refractivity (Wildman–Crippen MR) is 102 cm³/mol.